The van der Waals surface area contributed by atoms with Crippen LogP contribution >= 0.6 is 15.9 Å². The van der Waals surface area contributed by atoms with Gasteiger partial charge < -0.3 is 15.2 Å². The SMILES string of the molecule is CCCc1cc(N)nc(-c2cc(Br)c3c(c2)OCCO3)n1. The van der Waals surface area contributed by atoms with Crippen molar-refractivity contribution in [1.82, 2.24) is 9.97 Å². The predicted octanol–water partition coefficient (Wildman–Crippen LogP) is 3.21. The zero-order valence-corrected chi connectivity index (χ0v) is 13.3. The Balaban J connectivity index is 2.06. The lowest BCUT2D eigenvalue weighted by Crippen LogP contribution is -2.15. The normalized spacial score (nSPS) is 13.2. The lowest BCUT2D eigenvalue weighted by Gasteiger charge is -2.20. The Bertz CT molecular complexity index is 676. The Kier molecular flexibility index (Phi) is 3.96. The maximum atomic E-state index is 5.88. The van der Waals surface area contributed by atoms with Gasteiger partial charge in [0, 0.05) is 17.3 Å². The molecule has 2 aromatic rings. The minimum atomic E-state index is 0.481. The summed E-state index contributed by atoms with van der Waals surface area (Å²) in [7, 11) is 0. The predicted molar refractivity (Wildman–Crippen MR) is 84.6 cm³/mol. The lowest BCUT2D eigenvalue weighted by molar-refractivity contribution is 0.170. The number of anilines is 1. The maximum Gasteiger partial charge on any atom is 0.175 e. The van der Waals surface area contributed by atoms with E-state index >= 15 is 0 Å². The number of aromatic nitrogens is 2. The number of aryl methyl sites for hydroxylation is 1. The number of hydrogen-bond acceptors (Lipinski definition) is 5. The summed E-state index contributed by atoms with van der Waals surface area (Å²) in [5, 5.41) is 0. The molecule has 2 heterocycles. The first kappa shape index (κ1) is 14.1. The van der Waals surface area contributed by atoms with E-state index in [1.165, 1.54) is 0 Å². The number of ether oxygens (including phenoxy) is 2. The number of nitrogens with two attached hydrogens (primary N) is 1. The fraction of sp³-hybridized carbons (Fsp3) is 0.333. The van der Waals surface area contributed by atoms with E-state index in [-0.39, 0.29) is 0 Å². The number of rotatable bonds is 3. The first-order chi connectivity index (χ1) is 10.2. The number of fused-ring (bicyclic) bond motifs is 1. The standard InChI is InChI=1S/C15H16BrN3O2/c1-2-3-10-8-13(17)19-15(18-10)9-6-11(16)14-12(7-9)20-4-5-21-14/h6-8H,2-5H2,1H3,(H2,17,18,19). The van der Waals surface area contributed by atoms with Gasteiger partial charge >= 0.3 is 0 Å². The fourth-order valence-electron chi connectivity index (χ4n) is 2.27. The molecule has 0 aliphatic carbocycles. The van der Waals surface area contributed by atoms with Crippen LogP contribution in [0.2, 0.25) is 0 Å². The molecule has 0 unspecified atom stereocenters. The van der Waals surface area contributed by atoms with Crippen molar-refractivity contribution in [2.24, 2.45) is 0 Å². The van der Waals surface area contributed by atoms with E-state index in [0.717, 1.165) is 34.3 Å². The van der Waals surface area contributed by atoms with Gasteiger partial charge in [0.25, 0.3) is 0 Å². The fourth-order valence-corrected chi connectivity index (χ4v) is 2.83. The van der Waals surface area contributed by atoms with Crippen LogP contribution in [0.4, 0.5) is 5.82 Å². The van der Waals surface area contributed by atoms with E-state index in [1.807, 2.05) is 18.2 Å². The van der Waals surface area contributed by atoms with E-state index in [2.05, 4.69) is 32.8 Å². The molecule has 0 saturated heterocycles. The van der Waals surface area contributed by atoms with Gasteiger partial charge in [0.1, 0.15) is 19.0 Å². The van der Waals surface area contributed by atoms with Crippen molar-refractivity contribution < 1.29 is 9.47 Å². The summed E-state index contributed by atoms with van der Waals surface area (Å²) in [5.74, 6) is 2.52. The summed E-state index contributed by atoms with van der Waals surface area (Å²) in [6.07, 6.45) is 1.90. The quantitative estimate of drug-likeness (QED) is 0.921. The van der Waals surface area contributed by atoms with E-state index in [1.54, 1.807) is 0 Å². The molecule has 0 atom stereocenters. The van der Waals surface area contributed by atoms with Crippen molar-refractivity contribution >= 4 is 21.7 Å². The summed E-state index contributed by atoms with van der Waals surface area (Å²) < 4.78 is 12.1. The van der Waals surface area contributed by atoms with Crippen molar-refractivity contribution in [3.05, 3.63) is 28.4 Å². The van der Waals surface area contributed by atoms with Crippen molar-refractivity contribution in [1.29, 1.82) is 0 Å². The molecule has 0 fully saturated rings. The lowest BCUT2D eigenvalue weighted by atomic mass is 10.1. The summed E-state index contributed by atoms with van der Waals surface area (Å²) >= 11 is 3.51. The molecule has 0 spiro atoms. The number of nitrogens with zero attached hydrogens (tertiary/aromatic N) is 2. The molecule has 0 amide bonds. The topological polar surface area (TPSA) is 70.3 Å². The van der Waals surface area contributed by atoms with Crippen LogP contribution in [0, 0.1) is 0 Å². The molecule has 1 aromatic carbocycles. The second-order valence-electron chi connectivity index (χ2n) is 4.84. The molecule has 1 aliphatic rings. The van der Waals surface area contributed by atoms with Gasteiger partial charge in [0.2, 0.25) is 0 Å². The molecule has 2 N–H and O–H groups in total. The average molecular weight is 350 g/mol. The van der Waals surface area contributed by atoms with Gasteiger partial charge in [0.15, 0.2) is 17.3 Å². The molecular formula is C15H16BrN3O2. The molecular weight excluding hydrogens is 334 g/mol. The third-order valence-electron chi connectivity index (χ3n) is 3.16. The zero-order valence-electron chi connectivity index (χ0n) is 11.7. The minimum Gasteiger partial charge on any atom is -0.486 e. The highest BCUT2D eigenvalue weighted by Crippen LogP contribution is 2.40. The van der Waals surface area contributed by atoms with Gasteiger partial charge in [-0.2, -0.15) is 0 Å². The monoisotopic (exact) mass is 349 g/mol. The Morgan fingerprint density at radius 2 is 2.00 bits per heavy atom. The van der Waals surface area contributed by atoms with Crippen molar-refractivity contribution in [2.45, 2.75) is 19.8 Å². The van der Waals surface area contributed by atoms with Gasteiger partial charge in [-0.25, -0.2) is 9.97 Å². The molecule has 0 bridgehead atoms. The maximum absolute atomic E-state index is 5.88. The molecule has 1 aliphatic heterocycles. The van der Waals surface area contributed by atoms with Crippen molar-refractivity contribution in [3.8, 4) is 22.9 Å². The molecule has 5 nitrogen and oxygen atoms in total. The average Bonchev–Trinajstić information content (AvgIpc) is 2.47. The van der Waals surface area contributed by atoms with Gasteiger partial charge in [0.05, 0.1) is 4.47 Å². The number of benzene rings is 1. The summed E-state index contributed by atoms with van der Waals surface area (Å²) in [5.41, 5.74) is 7.69. The zero-order chi connectivity index (χ0) is 14.8. The molecule has 110 valence electrons. The Morgan fingerprint density at radius 1 is 1.19 bits per heavy atom. The largest absolute Gasteiger partial charge is 0.486 e. The Hall–Kier alpha value is -1.82. The van der Waals surface area contributed by atoms with E-state index < -0.39 is 0 Å². The molecule has 0 radical (unpaired) electrons. The molecule has 21 heavy (non-hydrogen) atoms. The summed E-state index contributed by atoms with van der Waals surface area (Å²) in [4.78, 5) is 8.90. The molecule has 0 saturated carbocycles. The van der Waals surface area contributed by atoms with Crippen LogP contribution in [-0.4, -0.2) is 23.2 Å². The number of nitrogen functional groups attached to an aromatic ring is 1. The number of hydrogen-bond donors (Lipinski definition) is 1. The second kappa shape index (κ2) is 5.89. The van der Waals surface area contributed by atoms with Gasteiger partial charge in [-0.3, -0.25) is 0 Å². The van der Waals surface area contributed by atoms with Crippen molar-refractivity contribution in [2.75, 3.05) is 18.9 Å². The van der Waals surface area contributed by atoms with E-state index in [9.17, 15) is 0 Å². The van der Waals surface area contributed by atoms with Crippen LogP contribution in [0.1, 0.15) is 19.0 Å². The van der Waals surface area contributed by atoms with Crippen LogP contribution in [-0.2, 0) is 6.42 Å². The van der Waals surface area contributed by atoms with E-state index in [4.69, 9.17) is 15.2 Å². The first-order valence-electron chi connectivity index (χ1n) is 6.90. The smallest absolute Gasteiger partial charge is 0.175 e. The minimum absolute atomic E-state index is 0.481. The van der Waals surface area contributed by atoms with Gasteiger partial charge in [-0.15, -0.1) is 0 Å². The van der Waals surface area contributed by atoms with E-state index in [0.29, 0.717) is 30.6 Å². The van der Waals surface area contributed by atoms with Crippen LogP contribution in [0.25, 0.3) is 11.4 Å². The summed E-state index contributed by atoms with van der Waals surface area (Å²) in [6, 6.07) is 5.64. The Labute approximate surface area is 131 Å². The second-order valence-corrected chi connectivity index (χ2v) is 5.69. The highest BCUT2D eigenvalue weighted by Gasteiger charge is 2.18. The van der Waals surface area contributed by atoms with Crippen LogP contribution in [0.3, 0.4) is 0 Å². The molecule has 3 rings (SSSR count). The van der Waals surface area contributed by atoms with Gasteiger partial charge in [-0.1, -0.05) is 13.3 Å². The van der Waals surface area contributed by atoms with Crippen molar-refractivity contribution in [3.63, 3.8) is 0 Å². The van der Waals surface area contributed by atoms with Gasteiger partial charge in [-0.05, 0) is 34.5 Å². The Morgan fingerprint density at radius 3 is 2.81 bits per heavy atom. The highest BCUT2D eigenvalue weighted by atomic mass is 79.9. The molecule has 1 aromatic heterocycles. The third-order valence-corrected chi connectivity index (χ3v) is 3.75. The first-order valence-corrected chi connectivity index (χ1v) is 7.69. The highest BCUT2D eigenvalue weighted by molar-refractivity contribution is 9.10. The van der Waals surface area contributed by atoms with Crippen LogP contribution < -0.4 is 15.2 Å². The van der Waals surface area contributed by atoms with Crippen LogP contribution in [0.5, 0.6) is 11.5 Å². The molecule has 6 heteroatoms. The third kappa shape index (κ3) is 2.95. The van der Waals surface area contributed by atoms with Crippen LogP contribution in [0.15, 0.2) is 22.7 Å². The summed E-state index contributed by atoms with van der Waals surface area (Å²) in [6.45, 7) is 3.21. The number of halogens is 1.